The van der Waals surface area contributed by atoms with Crippen LogP contribution in [0.15, 0.2) is 24.3 Å². The first-order valence-corrected chi connectivity index (χ1v) is 9.05. The molecule has 1 atom stereocenters. The Labute approximate surface area is 160 Å². The van der Waals surface area contributed by atoms with E-state index in [1.807, 2.05) is 11.8 Å². The number of nitrogens with two attached hydrogens (primary N) is 1. The molecule has 0 saturated carbocycles. The topological polar surface area (TPSA) is 75.3 Å². The van der Waals surface area contributed by atoms with Gasteiger partial charge in [0.2, 0.25) is 0 Å². The summed E-state index contributed by atoms with van der Waals surface area (Å²) in [5.41, 5.74) is 6.12. The van der Waals surface area contributed by atoms with Gasteiger partial charge in [0.15, 0.2) is 11.0 Å². The number of carbonyl (C=O) groups excluding carboxylic acids is 1. The molecule has 1 aromatic heterocycles. The Morgan fingerprint density at radius 2 is 1.93 bits per heavy atom. The molecule has 1 unspecified atom stereocenters. The lowest BCUT2D eigenvalue weighted by atomic mass is 10.0. The summed E-state index contributed by atoms with van der Waals surface area (Å²) >= 11 is 5.81. The third-order valence-electron chi connectivity index (χ3n) is 4.77. The van der Waals surface area contributed by atoms with Gasteiger partial charge < -0.3 is 10.6 Å². The van der Waals surface area contributed by atoms with Gasteiger partial charge in [-0.05, 0) is 18.6 Å². The summed E-state index contributed by atoms with van der Waals surface area (Å²) in [6.45, 7) is 4.34. The molecule has 1 amide bonds. The average Bonchev–Trinajstić information content (AvgIpc) is 2.64. The van der Waals surface area contributed by atoms with E-state index < -0.39 is 17.5 Å². The highest BCUT2D eigenvalue weighted by atomic mass is 35.5. The molecule has 144 valence electrons. The third-order valence-corrected chi connectivity index (χ3v) is 4.96. The largest absolute Gasteiger partial charge is 0.365 e. The first-order chi connectivity index (χ1) is 12.9. The summed E-state index contributed by atoms with van der Waals surface area (Å²) in [6, 6.07) is 4.94. The maximum absolute atomic E-state index is 14.2. The van der Waals surface area contributed by atoms with Crippen LogP contribution in [0.25, 0.3) is 0 Å². The van der Waals surface area contributed by atoms with Crippen LogP contribution in [-0.4, -0.2) is 47.2 Å². The van der Waals surface area contributed by atoms with E-state index >= 15 is 0 Å². The molecular formula is C18H20ClF2N5O. The molecule has 0 bridgehead atoms. The minimum atomic E-state index is -0.621. The molecule has 0 aliphatic carbocycles. The molecule has 2 heterocycles. The number of carbonyl (C=O) groups is 1. The van der Waals surface area contributed by atoms with Crippen molar-refractivity contribution in [2.24, 2.45) is 5.73 Å². The Morgan fingerprint density at radius 3 is 2.52 bits per heavy atom. The summed E-state index contributed by atoms with van der Waals surface area (Å²) in [7, 11) is 0. The molecule has 2 N–H and O–H groups in total. The smallest absolute Gasteiger partial charge is 0.252 e. The summed E-state index contributed by atoms with van der Waals surface area (Å²) in [5.74, 6) is -1.35. The van der Waals surface area contributed by atoms with Crippen molar-refractivity contribution in [3.63, 3.8) is 0 Å². The first-order valence-electron chi connectivity index (χ1n) is 8.67. The Balaban J connectivity index is 1.76. The molecular weight excluding hydrogens is 376 g/mol. The van der Waals surface area contributed by atoms with Crippen LogP contribution in [-0.2, 0) is 0 Å². The molecule has 1 saturated heterocycles. The van der Waals surface area contributed by atoms with Gasteiger partial charge in [-0.1, -0.05) is 24.6 Å². The molecule has 1 fully saturated rings. The summed E-state index contributed by atoms with van der Waals surface area (Å²) < 4.78 is 27.4. The van der Waals surface area contributed by atoms with Crippen LogP contribution < -0.4 is 10.6 Å². The molecule has 1 aliphatic rings. The van der Waals surface area contributed by atoms with Gasteiger partial charge in [0.25, 0.3) is 5.91 Å². The highest BCUT2D eigenvalue weighted by Gasteiger charge is 2.28. The third kappa shape index (κ3) is 4.17. The minimum absolute atomic E-state index is 0.101. The van der Waals surface area contributed by atoms with Crippen LogP contribution in [0.1, 0.15) is 35.3 Å². The van der Waals surface area contributed by atoms with Gasteiger partial charge in [0.1, 0.15) is 11.6 Å². The summed E-state index contributed by atoms with van der Waals surface area (Å²) in [6.07, 6.45) is 0.690. The fourth-order valence-electron chi connectivity index (χ4n) is 3.47. The van der Waals surface area contributed by atoms with Crippen molar-refractivity contribution in [2.45, 2.75) is 19.4 Å². The lowest BCUT2D eigenvalue weighted by Crippen LogP contribution is -2.48. The Morgan fingerprint density at radius 1 is 1.22 bits per heavy atom. The number of amides is 1. The van der Waals surface area contributed by atoms with E-state index in [9.17, 15) is 13.6 Å². The molecule has 0 spiro atoms. The van der Waals surface area contributed by atoms with Crippen LogP contribution in [0.4, 0.5) is 14.6 Å². The standard InChI is InChI=1S/C18H20ClF2N5O/c1-2-15(12-4-3-11(20)9-14(12)21)25-5-7-26(8-6-25)18-13(17(22)27)10-16(19)23-24-18/h3-4,9-10,15H,2,5-8H2,1H3,(H2,22,27). The second-order valence-corrected chi connectivity index (χ2v) is 6.77. The SMILES string of the molecule is CCC(c1ccc(F)cc1F)N1CCN(c2nnc(Cl)cc2C(N)=O)CC1. The molecule has 2 aromatic rings. The number of hydrogen-bond acceptors (Lipinski definition) is 5. The molecule has 9 heteroatoms. The number of halogens is 3. The van der Waals surface area contributed by atoms with Crippen molar-refractivity contribution in [1.82, 2.24) is 15.1 Å². The summed E-state index contributed by atoms with van der Waals surface area (Å²) in [5, 5.41) is 7.92. The second-order valence-electron chi connectivity index (χ2n) is 6.38. The normalized spacial score (nSPS) is 16.4. The van der Waals surface area contributed by atoms with E-state index in [0.29, 0.717) is 44.0 Å². The molecule has 1 aromatic carbocycles. The Kier molecular flexibility index (Phi) is 5.86. The minimum Gasteiger partial charge on any atom is -0.365 e. The van der Waals surface area contributed by atoms with E-state index in [4.69, 9.17) is 17.3 Å². The predicted octanol–water partition coefficient (Wildman–Crippen LogP) is 2.78. The average molecular weight is 396 g/mol. The number of anilines is 1. The van der Waals surface area contributed by atoms with E-state index in [2.05, 4.69) is 15.1 Å². The van der Waals surface area contributed by atoms with Gasteiger partial charge in [0.05, 0.1) is 5.56 Å². The van der Waals surface area contributed by atoms with Gasteiger partial charge in [0, 0.05) is 43.9 Å². The van der Waals surface area contributed by atoms with Crippen molar-refractivity contribution in [2.75, 3.05) is 31.1 Å². The molecule has 6 nitrogen and oxygen atoms in total. The van der Waals surface area contributed by atoms with E-state index in [1.165, 1.54) is 18.2 Å². The zero-order valence-electron chi connectivity index (χ0n) is 14.8. The number of rotatable bonds is 5. The van der Waals surface area contributed by atoms with Gasteiger partial charge in [-0.2, -0.15) is 0 Å². The maximum Gasteiger partial charge on any atom is 0.252 e. The van der Waals surface area contributed by atoms with Gasteiger partial charge in [-0.15, -0.1) is 10.2 Å². The Bertz CT molecular complexity index is 842. The Hall–Kier alpha value is -2.32. The lowest BCUT2D eigenvalue weighted by molar-refractivity contribution is 0.1000. The lowest BCUT2D eigenvalue weighted by Gasteiger charge is -2.40. The zero-order valence-corrected chi connectivity index (χ0v) is 15.6. The van der Waals surface area contributed by atoms with Crippen LogP contribution in [0, 0.1) is 11.6 Å². The van der Waals surface area contributed by atoms with E-state index in [1.54, 1.807) is 0 Å². The van der Waals surface area contributed by atoms with Crippen LogP contribution in [0.3, 0.4) is 0 Å². The number of nitrogens with zero attached hydrogens (tertiary/aromatic N) is 4. The molecule has 0 radical (unpaired) electrons. The molecule has 1 aliphatic heterocycles. The quantitative estimate of drug-likeness (QED) is 0.842. The van der Waals surface area contributed by atoms with Crippen LogP contribution >= 0.6 is 11.6 Å². The van der Waals surface area contributed by atoms with E-state index in [-0.39, 0.29) is 16.8 Å². The predicted molar refractivity (Wildman–Crippen MR) is 98.7 cm³/mol. The zero-order chi connectivity index (χ0) is 19.6. The van der Waals surface area contributed by atoms with Crippen molar-refractivity contribution >= 4 is 23.3 Å². The fraction of sp³-hybridized carbons (Fsp3) is 0.389. The second kappa shape index (κ2) is 8.14. The molecule has 27 heavy (non-hydrogen) atoms. The maximum atomic E-state index is 14.2. The monoisotopic (exact) mass is 395 g/mol. The van der Waals surface area contributed by atoms with Crippen LogP contribution in [0.5, 0.6) is 0 Å². The van der Waals surface area contributed by atoms with Crippen molar-refractivity contribution in [3.8, 4) is 0 Å². The van der Waals surface area contributed by atoms with Gasteiger partial charge >= 0.3 is 0 Å². The number of piperazine rings is 1. The number of hydrogen-bond donors (Lipinski definition) is 1. The highest BCUT2D eigenvalue weighted by molar-refractivity contribution is 6.29. The summed E-state index contributed by atoms with van der Waals surface area (Å²) in [4.78, 5) is 15.7. The van der Waals surface area contributed by atoms with Gasteiger partial charge in [-0.25, -0.2) is 8.78 Å². The first kappa shape index (κ1) is 19.4. The number of primary amides is 1. The van der Waals surface area contributed by atoms with Crippen LogP contribution in [0.2, 0.25) is 5.15 Å². The fourth-order valence-corrected chi connectivity index (χ4v) is 3.62. The van der Waals surface area contributed by atoms with Crippen molar-refractivity contribution in [1.29, 1.82) is 0 Å². The number of benzene rings is 1. The van der Waals surface area contributed by atoms with Gasteiger partial charge in [-0.3, -0.25) is 9.69 Å². The van der Waals surface area contributed by atoms with Crippen molar-refractivity contribution < 1.29 is 13.6 Å². The number of aromatic nitrogens is 2. The molecule has 3 rings (SSSR count). The highest BCUT2D eigenvalue weighted by Crippen LogP contribution is 2.29. The van der Waals surface area contributed by atoms with E-state index in [0.717, 1.165) is 6.07 Å². The van der Waals surface area contributed by atoms with Crippen molar-refractivity contribution in [3.05, 3.63) is 52.2 Å².